The lowest BCUT2D eigenvalue weighted by Gasteiger charge is -2.50. The largest absolute Gasteiger partial charge is 0.479 e. The second-order valence-electron chi connectivity index (χ2n) is 23.9. The van der Waals surface area contributed by atoms with Crippen LogP contribution in [0.5, 0.6) is 0 Å². The Hall–Kier alpha value is -2.50. The first-order chi connectivity index (χ1) is 35.4. The smallest absolute Gasteiger partial charge is 0.335 e. The molecule has 0 amide bonds. The summed E-state index contributed by atoms with van der Waals surface area (Å²) >= 11 is 0. The summed E-state index contributed by atoms with van der Waals surface area (Å²) in [4.78, 5) is 25.4. The fraction of sp³-hybridized carbons (Fsp3) is 0.833. The molecule has 0 aromatic heterocycles. The van der Waals surface area contributed by atoms with E-state index in [4.69, 9.17) is 37.9 Å². The van der Waals surface area contributed by atoms with E-state index in [1.54, 1.807) is 0 Å². The average Bonchev–Trinajstić information content (AvgIpc) is 3.76. The Balaban J connectivity index is 0.900. The van der Waals surface area contributed by atoms with Crippen molar-refractivity contribution in [2.75, 3.05) is 6.61 Å². The van der Waals surface area contributed by atoms with Gasteiger partial charge < -0.3 is 58.3 Å². The Morgan fingerprint density at radius 3 is 2.36 bits per heavy atom. The summed E-state index contributed by atoms with van der Waals surface area (Å²) in [6.07, 6.45) is 26.7. The molecule has 6 fully saturated rings. The van der Waals surface area contributed by atoms with Gasteiger partial charge in [-0.3, -0.25) is 4.79 Å². The highest BCUT2D eigenvalue weighted by Crippen LogP contribution is 2.48. The molecule has 0 radical (unpaired) electrons. The number of fused-ring (bicyclic) bond motifs is 1. The fourth-order valence-corrected chi connectivity index (χ4v) is 12.9. The molecule has 3 spiro atoms. The van der Waals surface area contributed by atoms with Crippen LogP contribution in [0, 0.1) is 17.8 Å². The van der Waals surface area contributed by atoms with Gasteiger partial charge in [0, 0.05) is 43.9 Å². The van der Waals surface area contributed by atoms with E-state index in [-0.39, 0.29) is 49.0 Å². The van der Waals surface area contributed by atoms with E-state index in [0.29, 0.717) is 62.9 Å². The van der Waals surface area contributed by atoms with Gasteiger partial charge in [0.15, 0.2) is 23.3 Å². The molecule has 74 heavy (non-hydrogen) atoms. The molecule has 17 atom stereocenters. The summed E-state index contributed by atoms with van der Waals surface area (Å²) in [5.74, 6) is -4.29. The van der Waals surface area contributed by atoms with Crippen molar-refractivity contribution in [2.45, 2.75) is 292 Å². The minimum Gasteiger partial charge on any atom is -0.479 e. The number of hydrogen-bond acceptors (Lipinski definition) is 13. The Kier molecular flexibility index (Phi) is 21.5. The summed E-state index contributed by atoms with van der Waals surface area (Å²) in [5.41, 5.74) is -0.602. The number of unbranched alkanes of at least 4 members (excludes halogenated alkanes) is 9. The number of aliphatic carboxylic acids is 1. The highest BCUT2D eigenvalue weighted by atomic mass is 16.7. The maximum Gasteiger partial charge on any atom is 0.335 e. The molecule has 0 aliphatic carbocycles. The van der Waals surface area contributed by atoms with Crippen LogP contribution in [0.4, 0.5) is 0 Å². The molecule has 14 nitrogen and oxygen atoms in total. The first-order valence-corrected chi connectivity index (χ1v) is 29.3. The molecule has 0 aromatic rings. The molecule has 7 heterocycles. The van der Waals surface area contributed by atoms with E-state index in [1.807, 2.05) is 13.0 Å². The summed E-state index contributed by atoms with van der Waals surface area (Å²) in [6, 6.07) is 0. The molecular weight excluding hydrogens is 945 g/mol. The minimum atomic E-state index is -2.01. The Labute approximate surface area is 443 Å². The lowest BCUT2D eigenvalue weighted by molar-refractivity contribution is -0.326. The monoisotopic (exact) mass is 1040 g/mol. The van der Waals surface area contributed by atoms with Crippen LogP contribution in [0.2, 0.25) is 0 Å². The van der Waals surface area contributed by atoms with Gasteiger partial charge in [-0.2, -0.15) is 0 Å². The van der Waals surface area contributed by atoms with E-state index in [2.05, 4.69) is 58.6 Å². The van der Waals surface area contributed by atoms with E-state index < -0.39 is 71.7 Å². The molecule has 7 aliphatic rings. The Bertz CT molecular complexity index is 1910. The van der Waals surface area contributed by atoms with Crippen LogP contribution in [0.15, 0.2) is 48.1 Å². The number of carbonyl (C=O) groups excluding carboxylic acids is 1. The number of allylic oxidation sites excluding steroid dienone is 2. The van der Waals surface area contributed by atoms with Gasteiger partial charge in [-0.15, -0.1) is 0 Å². The molecule has 14 heteroatoms. The Morgan fingerprint density at radius 2 is 1.62 bits per heavy atom. The summed E-state index contributed by atoms with van der Waals surface area (Å²) < 4.78 is 52.6. The van der Waals surface area contributed by atoms with Crippen LogP contribution in [0.25, 0.3) is 0 Å². The second-order valence-corrected chi connectivity index (χ2v) is 23.9. The molecule has 7 aliphatic heterocycles. The van der Waals surface area contributed by atoms with E-state index in [0.717, 1.165) is 89.2 Å². The molecule has 0 aromatic carbocycles. The minimum absolute atomic E-state index is 0.0371. The highest BCUT2D eigenvalue weighted by Gasteiger charge is 2.55. The van der Waals surface area contributed by atoms with Gasteiger partial charge in [-0.05, 0) is 128 Å². The number of carbonyl (C=O) groups is 2. The first kappa shape index (κ1) is 59.2. The third-order valence-corrected chi connectivity index (χ3v) is 17.5. The zero-order valence-corrected chi connectivity index (χ0v) is 46.1. The van der Waals surface area contributed by atoms with Crippen molar-refractivity contribution in [3.63, 3.8) is 0 Å². The normalized spacial score (nSPS) is 37.7. The zero-order chi connectivity index (χ0) is 53.1. The van der Waals surface area contributed by atoms with E-state index >= 15 is 0 Å². The topological polar surface area (TPSA) is 189 Å². The average molecular weight is 1040 g/mol. The third kappa shape index (κ3) is 15.2. The number of ether oxygens (including phenoxy) is 8. The highest BCUT2D eigenvalue weighted by molar-refractivity contribution is 5.76. The van der Waals surface area contributed by atoms with Gasteiger partial charge in [-0.1, -0.05) is 103 Å². The fourth-order valence-electron chi connectivity index (χ4n) is 12.9. The standard InChI is InChI=1S/C60H96O14/c1-8-9-10-11-12-13-14-15-16-17-18-19-20-25-52(62)69-51-29-28-46(39-57(7,66)56(64)65)71-60(51)38-40(2)36-50(73-60)41(3)26-27-45-30-33-58(70-45)34-31-49-55(74-58)53(63)44(6)54(68-49)47(61)37-42(4)48-24-21-32-59(72-48)43(5)23-22-35-67-59/h13-14,26-27,38,41-43,45-51,53-55,61,63,66H,6,8-12,15-25,28-37,39H2,1-5,7H3,(H,64,65)/b14-13-,27-26?/t41-,42+,43-,45+,46+,47+,48+,49-,50+,51-,53-,54+,55-,57-,58-,59-,60-/m1/s1. The molecular formula is C60H96O14. The van der Waals surface area contributed by atoms with Gasteiger partial charge in [0.2, 0.25) is 5.79 Å². The van der Waals surface area contributed by atoms with Crippen molar-refractivity contribution >= 4 is 11.9 Å². The van der Waals surface area contributed by atoms with Gasteiger partial charge >= 0.3 is 11.9 Å². The van der Waals surface area contributed by atoms with E-state index in [1.165, 1.54) is 32.6 Å². The molecule has 0 unspecified atom stereocenters. The lowest BCUT2D eigenvalue weighted by Crippen LogP contribution is -2.60. The SMILES string of the molecule is C=C1[C@@H](O)[C@@H]2O[C@]3(CC[C@H](C=C[C@@H](C)[C@@H]4CC(C)=C[C@@]5(O[C@H](C[C@@](C)(O)C(=O)O)CC[C@H]5OC(=O)CCCCCCC/C=C\CCCCCC)O4)O3)CC[C@H]2O[C@@H]1[C@@H](O)C[C@H](C)[C@@H]1CCC[C@@]2(OCCC[C@H]2C)O1. The summed E-state index contributed by atoms with van der Waals surface area (Å²) in [7, 11) is 0. The van der Waals surface area contributed by atoms with Crippen molar-refractivity contribution in [1.29, 1.82) is 0 Å². The van der Waals surface area contributed by atoms with Crippen LogP contribution in [0.1, 0.15) is 208 Å². The van der Waals surface area contributed by atoms with Crippen molar-refractivity contribution in [1.82, 2.24) is 0 Å². The first-order valence-electron chi connectivity index (χ1n) is 29.3. The number of rotatable bonds is 24. The van der Waals surface area contributed by atoms with Gasteiger partial charge in [0.25, 0.3) is 0 Å². The number of aliphatic hydroxyl groups excluding tert-OH is 2. The van der Waals surface area contributed by atoms with Crippen molar-refractivity contribution in [2.24, 2.45) is 17.8 Å². The quantitative estimate of drug-likeness (QED) is 0.0406. The van der Waals surface area contributed by atoms with Crippen molar-refractivity contribution in [3.8, 4) is 0 Å². The molecule has 0 saturated carbocycles. The van der Waals surface area contributed by atoms with Crippen molar-refractivity contribution in [3.05, 3.63) is 48.1 Å². The predicted molar refractivity (Wildman–Crippen MR) is 282 cm³/mol. The van der Waals surface area contributed by atoms with Gasteiger partial charge in [0.05, 0.1) is 43.2 Å². The van der Waals surface area contributed by atoms with Gasteiger partial charge in [-0.25, -0.2) is 4.79 Å². The molecule has 420 valence electrons. The zero-order valence-electron chi connectivity index (χ0n) is 46.1. The van der Waals surface area contributed by atoms with Gasteiger partial charge in [0.1, 0.15) is 18.3 Å². The number of aliphatic hydroxyl groups is 3. The number of esters is 1. The van der Waals surface area contributed by atoms with Crippen LogP contribution in [-0.4, -0.2) is 123 Å². The summed E-state index contributed by atoms with van der Waals surface area (Å²) in [6.45, 7) is 16.9. The Morgan fingerprint density at radius 1 is 0.892 bits per heavy atom. The molecule has 6 saturated heterocycles. The third-order valence-electron chi connectivity index (χ3n) is 17.5. The molecule has 4 N–H and O–H groups in total. The maximum atomic E-state index is 13.4. The van der Waals surface area contributed by atoms with Crippen LogP contribution in [0.3, 0.4) is 0 Å². The van der Waals surface area contributed by atoms with Crippen LogP contribution >= 0.6 is 0 Å². The molecule has 7 rings (SSSR count). The lowest BCUT2D eigenvalue weighted by atomic mass is 9.81. The maximum absolute atomic E-state index is 13.4. The van der Waals surface area contributed by atoms with Crippen LogP contribution in [-0.2, 0) is 47.5 Å². The number of hydrogen-bond donors (Lipinski definition) is 4. The van der Waals surface area contributed by atoms with E-state index in [9.17, 15) is 30.0 Å². The molecule has 0 bridgehead atoms. The predicted octanol–water partition coefficient (Wildman–Crippen LogP) is 11.0. The number of carboxylic acid groups (broad SMARTS) is 1. The number of carboxylic acids is 1. The van der Waals surface area contributed by atoms with Crippen LogP contribution < -0.4 is 0 Å². The van der Waals surface area contributed by atoms with Crippen molar-refractivity contribution < 1.29 is 67.9 Å². The second kappa shape index (κ2) is 26.9. The summed E-state index contributed by atoms with van der Waals surface area (Å²) in [5, 5.41) is 43.8.